The van der Waals surface area contributed by atoms with Gasteiger partial charge in [-0.1, -0.05) is 31.2 Å². The van der Waals surface area contributed by atoms with E-state index in [1.165, 1.54) is 18.1 Å². The van der Waals surface area contributed by atoms with Crippen LogP contribution in [0.1, 0.15) is 25.3 Å². The van der Waals surface area contributed by atoms with Gasteiger partial charge in [-0.05, 0) is 46.4 Å². The number of hydrogen-bond acceptors (Lipinski definition) is 3. The highest BCUT2D eigenvalue weighted by molar-refractivity contribution is 7.08. The Kier molecular flexibility index (Phi) is 5.33. The fourth-order valence-electron chi connectivity index (χ4n) is 2.09. The van der Waals surface area contributed by atoms with Crippen LogP contribution >= 0.6 is 11.3 Å². The number of amides is 2. The first-order valence-corrected chi connectivity index (χ1v) is 8.13. The largest absolute Gasteiger partial charge is 0.369 e. The molecule has 0 spiro atoms. The van der Waals surface area contributed by atoms with E-state index >= 15 is 0 Å². The molecule has 2 atom stereocenters. The van der Waals surface area contributed by atoms with Crippen LogP contribution in [0.4, 0.5) is 0 Å². The summed E-state index contributed by atoms with van der Waals surface area (Å²) in [6.45, 7) is 4.03. The Bertz CT molecular complexity index is 635. The maximum absolute atomic E-state index is 11.7. The molecule has 1 heterocycles. The molecule has 0 aliphatic heterocycles. The van der Waals surface area contributed by atoms with Crippen LogP contribution in [-0.4, -0.2) is 18.4 Å². The summed E-state index contributed by atoms with van der Waals surface area (Å²) in [5.74, 6) is -1.56. The van der Waals surface area contributed by atoms with Crippen LogP contribution in [0.2, 0.25) is 0 Å². The predicted molar refractivity (Wildman–Crippen MR) is 89.5 cm³/mol. The van der Waals surface area contributed by atoms with E-state index in [9.17, 15) is 9.59 Å². The Hall–Kier alpha value is -2.14. The molecule has 0 saturated carbocycles. The molecule has 2 rings (SSSR count). The molecule has 0 radical (unpaired) electrons. The number of carbonyl (C=O) groups is 2. The minimum absolute atomic E-state index is 0.167. The smallest absolute Gasteiger partial charge is 0.232 e. The summed E-state index contributed by atoms with van der Waals surface area (Å²) in [6, 6.07) is 10.4. The van der Waals surface area contributed by atoms with Gasteiger partial charge in [-0.3, -0.25) is 9.59 Å². The van der Waals surface area contributed by atoms with E-state index in [1.807, 2.05) is 6.92 Å². The number of nitrogens with two attached hydrogens (primary N) is 1. The third-order valence-electron chi connectivity index (χ3n) is 3.74. The average Bonchev–Trinajstić information content (AvgIpc) is 3.06. The summed E-state index contributed by atoms with van der Waals surface area (Å²) in [5, 5.41) is 6.94. The highest BCUT2D eigenvalue weighted by Gasteiger charge is 2.18. The predicted octanol–water partition coefficient (Wildman–Crippen LogP) is 2.76. The lowest BCUT2D eigenvalue weighted by molar-refractivity contribution is -0.132. The van der Waals surface area contributed by atoms with Gasteiger partial charge in [-0.25, -0.2) is 0 Å². The van der Waals surface area contributed by atoms with Crippen molar-refractivity contribution in [1.29, 1.82) is 0 Å². The summed E-state index contributed by atoms with van der Waals surface area (Å²) in [4.78, 5) is 22.7. The molecule has 1 aromatic carbocycles. The molecule has 2 unspecified atom stereocenters. The molecule has 116 valence electrons. The zero-order valence-corrected chi connectivity index (χ0v) is 13.5. The van der Waals surface area contributed by atoms with E-state index in [0.717, 1.165) is 5.56 Å². The van der Waals surface area contributed by atoms with Crippen molar-refractivity contribution in [2.75, 3.05) is 6.54 Å². The number of primary amides is 1. The summed E-state index contributed by atoms with van der Waals surface area (Å²) >= 11 is 1.68. The van der Waals surface area contributed by atoms with E-state index in [2.05, 4.69) is 46.4 Å². The fraction of sp³-hybridized carbons (Fsp3) is 0.294. The molecular weight excluding hydrogens is 296 g/mol. The second-order valence-electron chi connectivity index (χ2n) is 5.40. The van der Waals surface area contributed by atoms with Crippen molar-refractivity contribution < 1.29 is 9.59 Å². The van der Waals surface area contributed by atoms with E-state index in [0.29, 0.717) is 6.54 Å². The molecule has 2 amide bonds. The lowest BCUT2D eigenvalue weighted by atomic mass is 9.98. The monoisotopic (exact) mass is 316 g/mol. The second kappa shape index (κ2) is 7.22. The van der Waals surface area contributed by atoms with Gasteiger partial charge in [0.25, 0.3) is 0 Å². The molecule has 0 aliphatic carbocycles. The maximum Gasteiger partial charge on any atom is 0.232 e. The second-order valence-corrected chi connectivity index (χ2v) is 6.18. The average molecular weight is 316 g/mol. The first-order chi connectivity index (χ1) is 10.5. The number of nitrogens with one attached hydrogen (secondary N) is 1. The number of carbonyl (C=O) groups excluding carboxylic acids is 2. The standard InChI is InChI=1S/C17H20N2O2S/c1-11(9-19-17(21)12(2)16(18)20)13-3-5-14(6-4-13)15-7-8-22-10-15/h3-8,10-12H,9H2,1-2H3,(H2,18,20)(H,19,21). The third-order valence-corrected chi connectivity index (χ3v) is 4.42. The molecule has 4 nitrogen and oxygen atoms in total. The number of benzene rings is 1. The first kappa shape index (κ1) is 16.2. The van der Waals surface area contributed by atoms with Crippen LogP contribution < -0.4 is 11.1 Å². The molecule has 2 aromatic rings. The number of rotatable bonds is 6. The minimum atomic E-state index is -0.798. The summed E-state index contributed by atoms with van der Waals surface area (Å²) < 4.78 is 0. The third kappa shape index (κ3) is 3.95. The molecule has 1 aromatic heterocycles. The molecule has 3 N–H and O–H groups in total. The molecule has 0 fully saturated rings. The van der Waals surface area contributed by atoms with Crippen LogP contribution in [0.5, 0.6) is 0 Å². The summed E-state index contributed by atoms with van der Waals surface area (Å²) in [7, 11) is 0. The van der Waals surface area contributed by atoms with Crippen LogP contribution in [0.25, 0.3) is 11.1 Å². The molecular formula is C17H20N2O2S. The van der Waals surface area contributed by atoms with Crippen molar-refractivity contribution in [3.63, 3.8) is 0 Å². The van der Waals surface area contributed by atoms with Gasteiger partial charge in [0.05, 0.1) is 0 Å². The van der Waals surface area contributed by atoms with Crippen molar-refractivity contribution >= 4 is 23.2 Å². The first-order valence-electron chi connectivity index (χ1n) is 7.18. The Balaban J connectivity index is 1.94. The Morgan fingerprint density at radius 1 is 1.14 bits per heavy atom. The molecule has 5 heteroatoms. The van der Waals surface area contributed by atoms with E-state index < -0.39 is 11.8 Å². The lowest BCUT2D eigenvalue weighted by Gasteiger charge is -2.15. The summed E-state index contributed by atoms with van der Waals surface area (Å²) in [5.41, 5.74) is 8.66. The topological polar surface area (TPSA) is 72.2 Å². The van der Waals surface area contributed by atoms with Gasteiger partial charge in [-0.15, -0.1) is 0 Å². The van der Waals surface area contributed by atoms with Crippen molar-refractivity contribution in [3.8, 4) is 11.1 Å². The van der Waals surface area contributed by atoms with Gasteiger partial charge in [0.15, 0.2) is 0 Å². The zero-order valence-electron chi connectivity index (χ0n) is 12.7. The highest BCUT2D eigenvalue weighted by atomic mass is 32.1. The molecule has 0 bridgehead atoms. The van der Waals surface area contributed by atoms with Crippen LogP contribution in [0, 0.1) is 5.92 Å². The van der Waals surface area contributed by atoms with Crippen molar-refractivity contribution in [3.05, 3.63) is 46.7 Å². The van der Waals surface area contributed by atoms with Crippen molar-refractivity contribution in [2.45, 2.75) is 19.8 Å². The van der Waals surface area contributed by atoms with Gasteiger partial charge >= 0.3 is 0 Å². The maximum atomic E-state index is 11.7. The van der Waals surface area contributed by atoms with Crippen LogP contribution in [0.15, 0.2) is 41.1 Å². The van der Waals surface area contributed by atoms with Crippen molar-refractivity contribution in [1.82, 2.24) is 5.32 Å². The van der Waals surface area contributed by atoms with Crippen LogP contribution in [0.3, 0.4) is 0 Å². The van der Waals surface area contributed by atoms with Crippen LogP contribution in [-0.2, 0) is 9.59 Å². The van der Waals surface area contributed by atoms with Gasteiger partial charge in [0, 0.05) is 6.54 Å². The highest BCUT2D eigenvalue weighted by Crippen LogP contribution is 2.24. The normalized spacial score (nSPS) is 13.4. The fourth-order valence-corrected chi connectivity index (χ4v) is 2.75. The van der Waals surface area contributed by atoms with Gasteiger partial charge in [0.1, 0.15) is 5.92 Å². The van der Waals surface area contributed by atoms with E-state index in [4.69, 9.17) is 5.73 Å². The summed E-state index contributed by atoms with van der Waals surface area (Å²) in [6.07, 6.45) is 0. The molecule has 22 heavy (non-hydrogen) atoms. The minimum Gasteiger partial charge on any atom is -0.369 e. The Labute approximate surface area is 134 Å². The zero-order chi connectivity index (χ0) is 16.1. The van der Waals surface area contributed by atoms with E-state index in [1.54, 1.807) is 11.3 Å². The van der Waals surface area contributed by atoms with Gasteiger partial charge in [0.2, 0.25) is 11.8 Å². The Morgan fingerprint density at radius 3 is 2.36 bits per heavy atom. The molecule has 0 aliphatic rings. The number of hydrogen-bond donors (Lipinski definition) is 2. The van der Waals surface area contributed by atoms with Gasteiger partial charge in [-0.2, -0.15) is 11.3 Å². The van der Waals surface area contributed by atoms with E-state index in [-0.39, 0.29) is 11.8 Å². The van der Waals surface area contributed by atoms with Gasteiger partial charge < -0.3 is 11.1 Å². The SMILES string of the molecule is CC(C(N)=O)C(=O)NCC(C)c1ccc(-c2ccsc2)cc1. The lowest BCUT2D eigenvalue weighted by Crippen LogP contribution is -2.38. The molecule has 0 saturated heterocycles. The van der Waals surface area contributed by atoms with Crippen molar-refractivity contribution in [2.24, 2.45) is 11.7 Å². The number of thiophene rings is 1. The Morgan fingerprint density at radius 2 is 1.82 bits per heavy atom. The quantitative estimate of drug-likeness (QED) is 0.804.